The standard InChI is InChI=1S/C10H10ClF2NO/c1-14(10(15)5-11)6-7-2-3-8(12)4-9(7)13/h2-4H,5-6H2,1H3. The number of hydrogen-bond acceptors (Lipinski definition) is 1. The highest BCUT2D eigenvalue weighted by atomic mass is 35.5. The zero-order valence-electron chi connectivity index (χ0n) is 8.14. The summed E-state index contributed by atoms with van der Waals surface area (Å²) in [5.74, 6) is -1.76. The zero-order valence-corrected chi connectivity index (χ0v) is 8.89. The van der Waals surface area contributed by atoms with Crippen molar-refractivity contribution in [3.05, 3.63) is 35.4 Å². The third-order valence-electron chi connectivity index (χ3n) is 1.96. The van der Waals surface area contributed by atoms with Crippen LogP contribution in [0.25, 0.3) is 0 Å². The maximum Gasteiger partial charge on any atom is 0.237 e. The first-order valence-electron chi connectivity index (χ1n) is 4.28. The SMILES string of the molecule is CN(Cc1ccc(F)cc1F)C(=O)CCl. The second-order valence-corrected chi connectivity index (χ2v) is 3.39. The van der Waals surface area contributed by atoms with Gasteiger partial charge in [-0.3, -0.25) is 4.79 Å². The van der Waals surface area contributed by atoms with Crippen LogP contribution >= 0.6 is 11.6 Å². The van der Waals surface area contributed by atoms with E-state index in [2.05, 4.69) is 0 Å². The summed E-state index contributed by atoms with van der Waals surface area (Å²) in [4.78, 5) is 12.4. The second kappa shape index (κ2) is 5.07. The van der Waals surface area contributed by atoms with Crippen LogP contribution in [0.5, 0.6) is 0 Å². The van der Waals surface area contributed by atoms with Crippen molar-refractivity contribution < 1.29 is 13.6 Å². The molecule has 0 spiro atoms. The number of nitrogens with zero attached hydrogens (tertiary/aromatic N) is 1. The molecular weight excluding hydrogens is 224 g/mol. The Kier molecular flexibility index (Phi) is 4.03. The minimum absolute atomic E-state index is 0.0810. The smallest absolute Gasteiger partial charge is 0.237 e. The quantitative estimate of drug-likeness (QED) is 0.733. The Bertz CT molecular complexity index is 370. The number of hydrogen-bond donors (Lipinski definition) is 0. The molecule has 1 rings (SSSR count). The van der Waals surface area contributed by atoms with Gasteiger partial charge in [0.25, 0.3) is 0 Å². The summed E-state index contributed by atoms with van der Waals surface area (Å²) in [6.07, 6.45) is 0. The van der Waals surface area contributed by atoms with Gasteiger partial charge in [0.15, 0.2) is 0 Å². The van der Waals surface area contributed by atoms with E-state index in [4.69, 9.17) is 11.6 Å². The van der Waals surface area contributed by atoms with Crippen molar-refractivity contribution in [2.45, 2.75) is 6.54 Å². The van der Waals surface area contributed by atoms with E-state index in [9.17, 15) is 13.6 Å². The highest BCUT2D eigenvalue weighted by Gasteiger charge is 2.10. The Hall–Kier alpha value is -1.16. The van der Waals surface area contributed by atoms with E-state index in [1.807, 2.05) is 0 Å². The molecule has 5 heteroatoms. The van der Waals surface area contributed by atoms with Gasteiger partial charge in [-0.05, 0) is 6.07 Å². The lowest BCUT2D eigenvalue weighted by atomic mass is 10.2. The van der Waals surface area contributed by atoms with E-state index in [0.717, 1.165) is 12.1 Å². The largest absolute Gasteiger partial charge is 0.340 e. The van der Waals surface area contributed by atoms with Gasteiger partial charge in [-0.2, -0.15) is 0 Å². The highest BCUT2D eigenvalue weighted by Crippen LogP contribution is 2.11. The van der Waals surface area contributed by atoms with E-state index in [-0.39, 0.29) is 23.9 Å². The van der Waals surface area contributed by atoms with Crippen molar-refractivity contribution in [2.75, 3.05) is 12.9 Å². The zero-order chi connectivity index (χ0) is 11.4. The van der Waals surface area contributed by atoms with Crippen molar-refractivity contribution >= 4 is 17.5 Å². The molecule has 0 fully saturated rings. The van der Waals surface area contributed by atoms with Gasteiger partial charge in [-0.15, -0.1) is 11.6 Å². The van der Waals surface area contributed by atoms with Crippen molar-refractivity contribution in [2.24, 2.45) is 0 Å². The third kappa shape index (κ3) is 3.16. The lowest BCUT2D eigenvalue weighted by Gasteiger charge is -2.16. The van der Waals surface area contributed by atoms with Crippen LogP contribution in [-0.2, 0) is 11.3 Å². The third-order valence-corrected chi connectivity index (χ3v) is 2.19. The van der Waals surface area contributed by atoms with Gasteiger partial charge < -0.3 is 4.90 Å². The fraction of sp³-hybridized carbons (Fsp3) is 0.300. The van der Waals surface area contributed by atoms with Crippen LogP contribution in [0.4, 0.5) is 8.78 Å². The lowest BCUT2D eigenvalue weighted by Crippen LogP contribution is -2.27. The summed E-state index contributed by atoms with van der Waals surface area (Å²) in [7, 11) is 1.51. The van der Waals surface area contributed by atoms with Gasteiger partial charge in [0.2, 0.25) is 5.91 Å². The fourth-order valence-corrected chi connectivity index (χ4v) is 1.30. The fourth-order valence-electron chi connectivity index (χ4n) is 1.10. The lowest BCUT2D eigenvalue weighted by molar-refractivity contribution is -0.127. The number of alkyl halides is 1. The normalized spacial score (nSPS) is 10.1. The average Bonchev–Trinajstić information content (AvgIpc) is 2.20. The summed E-state index contributed by atoms with van der Waals surface area (Å²) in [6, 6.07) is 3.24. The second-order valence-electron chi connectivity index (χ2n) is 3.12. The monoisotopic (exact) mass is 233 g/mol. The number of halogens is 3. The van der Waals surface area contributed by atoms with Crippen molar-refractivity contribution in [1.82, 2.24) is 4.90 Å². The van der Waals surface area contributed by atoms with E-state index < -0.39 is 11.6 Å². The molecule has 2 nitrogen and oxygen atoms in total. The Balaban J connectivity index is 2.76. The molecule has 0 aliphatic heterocycles. The molecule has 82 valence electrons. The highest BCUT2D eigenvalue weighted by molar-refractivity contribution is 6.27. The molecular formula is C10H10ClF2NO. The van der Waals surface area contributed by atoms with Crippen LogP contribution in [0.15, 0.2) is 18.2 Å². The van der Waals surface area contributed by atoms with E-state index in [0.29, 0.717) is 0 Å². The van der Waals surface area contributed by atoms with Gasteiger partial charge >= 0.3 is 0 Å². The van der Waals surface area contributed by atoms with Gasteiger partial charge in [-0.25, -0.2) is 8.78 Å². The summed E-state index contributed by atoms with van der Waals surface area (Å²) in [6.45, 7) is 0.0810. The van der Waals surface area contributed by atoms with Crippen molar-refractivity contribution in [3.8, 4) is 0 Å². The van der Waals surface area contributed by atoms with Crippen LogP contribution in [0.1, 0.15) is 5.56 Å². The van der Waals surface area contributed by atoms with Crippen LogP contribution < -0.4 is 0 Å². The number of amides is 1. The number of carbonyl (C=O) groups excluding carboxylic acids is 1. The molecule has 1 aromatic carbocycles. The van der Waals surface area contributed by atoms with Gasteiger partial charge in [0, 0.05) is 25.2 Å². The summed E-state index contributed by atoms with van der Waals surface area (Å²) in [5, 5.41) is 0. The summed E-state index contributed by atoms with van der Waals surface area (Å²) < 4.78 is 25.7. The molecule has 1 aromatic rings. The molecule has 1 amide bonds. The van der Waals surface area contributed by atoms with Gasteiger partial charge in [-0.1, -0.05) is 6.07 Å². The minimum atomic E-state index is -0.663. The van der Waals surface area contributed by atoms with E-state index >= 15 is 0 Å². The van der Waals surface area contributed by atoms with Crippen molar-refractivity contribution in [1.29, 1.82) is 0 Å². The first kappa shape index (κ1) is 11.9. The number of carbonyl (C=O) groups is 1. The van der Waals surface area contributed by atoms with Crippen molar-refractivity contribution in [3.63, 3.8) is 0 Å². The molecule has 0 saturated carbocycles. The first-order valence-corrected chi connectivity index (χ1v) is 4.82. The van der Waals surface area contributed by atoms with Gasteiger partial charge in [0.05, 0.1) is 0 Å². The summed E-state index contributed by atoms with van der Waals surface area (Å²) in [5.41, 5.74) is 0.261. The van der Waals surface area contributed by atoms with E-state index in [1.54, 1.807) is 0 Å². The molecule has 0 atom stereocenters. The molecule has 0 unspecified atom stereocenters. The first-order chi connectivity index (χ1) is 7.04. The molecule has 0 saturated heterocycles. The molecule has 0 N–H and O–H groups in total. The Morgan fingerprint density at radius 1 is 1.47 bits per heavy atom. The predicted octanol–water partition coefficient (Wildman–Crippen LogP) is 2.16. The molecule has 0 heterocycles. The molecule has 0 aliphatic carbocycles. The van der Waals surface area contributed by atoms with Crippen LogP contribution in [0.3, 0.4) is 0 Å². The van der Waals surface area contributed by atoms with E-state index in [1.165, 1.54) is 18.0 Å². The Morgan fingerprint density at radius 3 is 2.67 bits per heavy atom. The number of rotatable bonds is 3. The van der Waals surface area contributed by atoms with Crippen LogP contribution in [-0.4, -0.2) is 23.7 Å². The minimum Gasteiger partial charge on any atom is -0.340 e. The average molecular weight is 234 g/mol. The maximum atomic E-state index is 13.2. The van der Waals surface area contributed by atoms with Crippen LogP contribution in [0, 0.1) is 11.6 Å². The number of benzene rings is 1. The topological polar surface area (TPSA) is 20.3 Å². The van der Waals surface area contributed by atoms with Gasteiger partial charge in [0.1, 0.15) is 17.5 Å². The molecule has 15 heavy (non-hydrogen) atoms. The Morgan fingerprint density at radius 2 is 2.13 bits per heavy atom. The Labute approximate surface area is 91.4 Å². The maximum absolute atomic E-state index is 13.2. The molecule has 0 aliphatic rings. The molecule has 0 aromatic heterocycles. The predicted molar refractivity (Wildman–Crippen MR) is 53.6 cm³/mol. The molecule has 0 bridgehead atoms. The molecule has 0 radical (unpaired) electrons. The van der Waals surface area contributed by atoms with Crippen LogP contribution in [0.2, 0.25) is 0 Å². The summed E-state index contributed by atoms with van der Waals surface area (Å²) >= 11 is 5.33.